The molecule has 1 N–H and O–H groups in total. The van der Waals surface area contributed by atoms with Gasteiger partial charge in [0, 0.05) is 16.6 Å². The van der Waals surface area contributed by atoms with Gasteiger partial charge >= 0.3 is 0 Å². The number of amides is 1. The number of aromatic nitrogens is 3. The molecule has 0 saturated carbocycles. The average Bonchev–Trinajstić information content (AvgIpc) is 3.21. The number of aryl methyl sites for hydroxylation is 4. The van der Waals surface area contributed by atoms with Gasteiger partial charge in [0.25, 0.3) is 5.91 Å². The maximum atomic E-state index is 12.6. The molecule has 0 fully saturated rings. The summed E-state index contributed by atoms with van der Waals surface area (Å²) in [6, 6.07) is 5.62. The van der Waals surface area contributed by atoms with Gasteiger partial charge in [-0.3, -0.25) is 9.48 Å². The highest BCUT2D eigenvalue weighted by molar-refractivity contribution is 7.14. The van der Waals surface area contributed by atoms with Gasteiger partial charge in [0.2, 0.25) is 0 Å². The third kappa shape index (κ3) is 3.88. The number of hydrogen-bond acceptors (Lipinski definition) is 5. The molecule has 27 heavy (non-hydrogen) atoms. The van der Waals surface area contributed by atoms with Gasteiger partial charge in [-0.2, -0.15) is 5.10 Å². The fraction of sp³-hybridized carbons (Fsp3) is 0.350. The minimum atomic E-state index is -0.406. The molecule has 0 radical (unpaired) electrons. The lowest BCUT2D eigenvalue weighted by Gasteiger charge is -2.13. The summed E-state index contributed by atoms with van der Waals surface area (Å²) < 4.78 is 7.10. The van der Waals surface area contributed by atoms with E-state index in [-0.39, 0.29) is 5.91 Å². The Morgan fingerprint density at radius 2 is 1.93 bits per heavy atom. The summed E-state index contributed by atoms with van der Waals surface area (Å²) in [6.45, 7) is 9.73. The SMILES string of the molecule is COc1cc(C)c(-c2csc(NC(=O)[C@H](C)n3nc(C)cc3C)n2)cc1C. The van der Waals surface area contributed by atoms with Crippen LogP contribution in [0.3, 0.4) is 0 Å². The van der Waals surface area contributed by atoms with E-state index in [1.165, 1.54) is 11.3 Å². The summed E-state index contributed by atoms with van der Waals surface area (Å²) >= 11 is 1.42. The molecule has 3 aromatic rings. The molecule has 0 aliphatic carbocycles. The van der Waals surface area contributed by atoms with E-state index >= 15 is 0 Å². The van der Waals surface area contributed by atoms with Crippen molar-refractivity contribution < 1.29 is 9.53 Å². The van der Waals surface area contributed by atoms with Crippen molar-refractivity contribution in [3.8, 4) is 17.0 Å². The molecule has 6 nitrogen and oxygen atoms in total. The van der Waals surface area contributed by atoms with Crippen LogP contribution < -0.4 is 10.1 Å². The molecular formula is C20H24N4O2S. The maximum Gasteiger partial charge on any atom is 0.250 e. The van der Waals surface area contributed by atoms with E-state index in [1.807, 2.05) is 52.1 Å². The molecule has 2 aromatic heterocycles. The van der Waals surface area contributed by atoms with E-state index in [9.17, 15) is 4.79 Å². The lowest BCUT2D eigenvalue weighted by atomic mass is 10.0. The molecule has 0 saturated heterocycles. The molecule has 0 aliphatic heterocycles. The molecule has 1 aromatic carbocycles. The highest BCUT2D eigenvalue weighted by Crippen LogP contribution is 2.32. The largest absolute Gasteiger partial charge is 0.496 e. The zero-order valence-corrected chi connectivity index (χ0v) is 17.3. The van der Waals surface area contributed by atoms with Gasteiger partial charge < -0.3 is 10.1 Å². The standard InChI is InChI=1S/C20H24N4O2S/c1-11-8-18(26-6)12(2)7-16(11)17-10-27-20(21-17)22-19(25)15(5)24-14(4)9-13(3)23-24/h7-10,15H,1-6H3,(H,21,22,25)/t15-/m0/s1. The molecule has 142 valence electrons. The summed E-state index contributed by atoms with van der Waals surface area (Å²) in [4.78, 5) is 17.2. The first-order chi connectivity index (χ1) is 12.8. The first-order valence-electron chi connectivity index (χ1n) is 8.75. The Kier molecular flexibility index (Phi) is 5.32. The van der Waals surface area contributed by atoms with Gasteiger partial charge in [0.15, 0.2) is 5.13 Å². The van der Waals surface area contributed by atoms with Crippen LogP contribution in [0.5, 0.6) is 5.75 Å². The van der Waals surface area contributed by atoms with Gasteiger partial charge in [-0.05, 0) is 63.9 Å². The predicted octanol–water partition coefficient (Wildman–Crippen LogP) is 4.45. The average molecular weight is 385 g/mol. The Labute approximate surface area is 163 Å². The van der Waals surface area contributed by atoms with Crippen molar-refractivity contribution in [2.45, 2.75) is 40.7 Å². The highest BCUT2D eigenvalue weighted by atomic mass is 32.1. The molecule has 7 heteroatoms. The Balaban J connectivity index is 1.79. The van der Waals surface area contributed by atoms with E-state index in [0.717, 1.165) is 39.5 Å². The number of anilines is 1. The summed E-state index contributed by atoms with van der Waals surface area (Å²) in [5.74, 6) is 0.725. The fourth-order valence-corrected chi connectivity index (χ4v) is 3.81. The van der Waals surface area contributed by atoms with Crippen LogP contribution in [0.25, 0.3) is 11.3 Å². The van der Waals surface area contributed by atoms with E-state index in [0.29, 0.717) is 5.13 Å². The Hall–Kier alpha value is -2.67. The summed E-state index contributed by atoms with van der Waals surface area (Å²) in [5.41, 5.74) is 5.87. The van der Waals surface area contributed by atoms with Crippen LogP contribution in [0.15, 0.2) is 23.6 Å². The van der Waals surface area contributed by atoms with Crippen LogP contribution >= 0.6 is 11.3 Å². The van der Waals surface area contributed by atoms with Gasteiger partial charge in [0.05, 0.1) is 18.5 Å². The number of nitrogens with zero attached hydrogens (tertiary/aromatic N) is 3. The van der Waals surface area contributed by atoms with Crippen LogP contribution in [0.4, 0.5) is 5.13 Å². The lowest BCUT2D eigenvalue weighted by molar-refractivity contribution is -0.119. The van der Waals surface area contributed by atoms with Crippen LogP contribution in [-0.4, -0.2) is 27.8 Å². The van der Waals surface area contributed by atoms with Crippen molar-refractivity contribution in [1.29, 1.82) is 0 Å². The molecule has 0 aliphatic rings. The van der Waals surface area contributed by atoms with E-state index in [1.54, 1.807) is 11.8 Å². The Morgan fingerprint density at radius 1 is 1.19 bits per heavy atom. The number of carbonyl (C=O) groups excluding carboxylic acids is 1. The molecule has 2 heterocycles. The molecule has 0 unspecified atom stereocenters. The van der Waals surface area contributed by atoms with Crippen LogP contribution in [0.2, 0.25) is 0 Å². The van der Waals surface area contributed by atoms with Crippen LogP contribution in [0.1, 0.15) is 35.5 Å². The second-order valence-corrected chi connectivity index (χ2v) is 7.57. The van der Waals surface area contributed by atoms with Gasteiger partial charge in [-0.15, -0.1) is 11.3 Å². The van der Waals surface area contributed by atoms with Crippen molar-refractivity contribution in [3.63, 3.8) is 0 Å². The maximum absolute atomic E-state index is 12.6. The lowest BCUT2D eigenvalue weighted by Crippen LogP contribution is -2.25. The van der Waals surface area contributed by atoms with Crippen molar-refractivity contribution in [2.24, 2.45) is 0 Å². The van der Waals surface area contributed by atoms with Gasteiger partial charge in [0.1, 0.15) is 11.8 Å². The molecular weight excluding hydrogens is 360 g/mol. The Bertz CT molecular complexity index is 990. The third-order valence-corrected chi connectivity index (χ3v) is 5.30. The summed E-state index contributed by atoms with van der Waals surface area (Å²) in [6.07, 6.45) is 0. The number of thiazole rings is 1. The highest BCUT2D eigenvalue weighted by Gasteiger charge is 2.19. The number of ether oxygens (including phenoxy) is 1. The minimum absolute atomic E-state index is 0.135. The zero-order chi connectivity index (χ0) is 19.7. The van der Waals surface area contributed by atoms with E-state index in [2.05, 4.69) is 21.5 Å². The van der Waals surface area contributed by atoms with Crippen LogP contribution in [-0.2, 0) is 4.79 Å². The summed E-state index contributed by atoms with van der Waals surface area (Å²) in [5, 5.41) is 9.83. The molecule has 1 atom stereocenters. The van der Waals surface area contributed by atoms with Crippen LogP contribution in [0, 0.1) is 27.7 Å². The van der Waals surface area contributed by atoms with Crippen molar-refractivity contribution in [1.82, 2.24) is 14.8 Å². The monoisotopic (exact) mass is 384 g/mol. The second-order valence-electron chi connectivity index (χ2n) is 6.71. The molecule has 0 bridgehead atoms. The first-order valence-corrected chi connectivity index (χ1v) is 9.63. The van der Waals surface area contributed by atoms with Crippen molar-refractivity contribution in [3.05, 3.63) is 46.1 Å². The normalized spacial score (nSPS) is 12.1. The van der Waals surface area contributed by atoms with E-state index in [4.69, 9.17) is 4.74 Å². The quantitative estimate of drug-likeness (QED) is 0.706. The smallest absolute Gasteiger partial charge is 0.250 e. The van der Waals surface area contributed by atoms with Gasteiger partial charge in [-0.1, -0.05) is 0 Å². The predicted molar refractivity (Wildman–Crippen MR) is 109 cm³/mol. The second kappa shape index (κ2) is 7.52. The van der Waals surface area contributed by atoms with Crippen molar-refractivity contribution in [2.75, 3.05) is 12.4 Å². The topological polar surface area (TPSA) is 69.0 Å². The fourth-order valence-electron chi connectivity index (χ4n) is 3.10. The number of hydrogen-bond donors (Lipinski definition) is 1. The summed E-state index contributed by atoms with van der Waals surface area (Å²) in [7, 11) is 1.67. The molecule has 1 amide bonds. The number of benzene rings is 1. The van der Waals surface area contributed by atoms with Gasteiger partial charge in [-0.25, -0.2) is 4.98 Å². The number of carbonyl (C=O) groups is 1. The molecule has 0 spiro atoms. The first kappa shape index (κ1) is 19.1. The van der Waals surface area contributed by atoms with Crippen molar-refractivity contribution >= 4 is 22.4 Å². The number of rotatable bonds is 5. The van der Waals surface area contributed by atoms with E-state index < -0.39 is 6.04 Å². The minimum Gasteiger partial charge on any atom is -0.496 e. The zero-order valence-electron chi connectivity index (χ0n) is 16.5. The molecule has 3 rings (SSSR count). The number of methoxy groups -OCH3 is 1. The number of nitrogens with one attached hydrogen (secondary N) is 1. The Morgan fingerprint density at radius 3 is 2.56 bits per heavy atom. The third-order valence-electron chi connectivity index (χ3n) is 4.54.